The summed E-state index contributed by atoms with van der Waals surface area (Å²) in [6, 6.07) is 7.47. The van der Waals surface area contributed by atoms with E-state index in [-0.39, 0.29) is 5.82 Å². The van der Waals surface area contributed by atoms with Crippen LogP contribution in [-0.4, -0.2) is 17.0 Å². The maximum atomic E-state index is 13.4. The molecule has 1 aromatic carbocycles. The summed E-state index contributed by atoms with van der Waals surface area (Å²) in [5.74, 6) is 1.08. The predicted octanol–water partition coefficient (Wildman–Crippen LogP) is 9.01. The molecular formula is C25H39FSSn. The van der Waals surface area contributed by atoms with Gasteiger partial charge in [-0.15, -0.1) is 0 Å². The van der Waals surface area contributed by atoms with Crippen LogP contribution in [-0.2, 0) is 5.75 Å². The van der Waals surface area contributed by atoms with Gasteiger partial charge in [0.05, 0.1) is 0 Å². The van der Waals surface area contributed by atoms with E-state index in [9.17, 15) is 4.39 Å². The Hall–Kier alpha value is 0.299. The molecular weight excluding hydrogens is 470 g/mol. The Kier molecular flexibility index (Phi) is 8.11. The van der Waals surface area contributed by atoms with E-state index >= 15 is 0 Å². The van der Waals surface area contributed by atoms with E-state index in [1.54, 1.807) is 50.7 Å². The zero-order chi connectivity index (χ0) is 19.2. The van der Waals surface area contributed by atoms with Crippen LogP contribution in [0.4, 0.5) is 4.39 Å². The second-order valence-electron chi connectivity index (χ2n) is 9.77. The summed E-state index contributed by atoms with van der Waals surface area (Å²) in [6.45, 7) is 0. The first kappa shape index (κ1) is 21.5. The summed E-state index contributed by atoms with van der Waals surface area (Å²) in [5.41, 5.74) is 1.37. The van der Waals surface area contributed by atoms with Gasteiger partial charge >= 0.3 is 180 Å². The van der Waals surface area contributed by atoms with Gasteiger partial charge in [-0.1, -0.05) is 0 Å². The molecule has 0 N–H and O–H groups in total. The van der Waals surface area contributed by atoms with Gasteiger partial charge in [0.15, 0.2) is 0 Å². The van der Waals surface area contributed by atoms with Gasteiger partial charge in [-0.05, 0) is 0 Å². The Labute approximate surface area is 179 Å². The number of rotatable bonds is 6. The molecule has 0 amide bonds. The average Bonchev–Trinajstić information content (AvgIpc) is 2.78. The molecule has 0 aromatic heterocycles. The van der Waals surface area contributed by atoms with Gasteiger partial charge in [0, 0.05) is 0 Å². The van der Waals surface area contributed by atoms with Crippen molar-refractivity contribution in [2.24, 2.45) is 0 Å². The first-order chi connectivity index (χ1) is 13.8. The monoisotopic (exact) mass is 510 g/mol. The van der Waals surface area contributed by atoms with Gasteiger partial charge in [0.25, 0.3) is 0 Å². The Bertz CT molecular complexity index is 538. The van der Waals surface area contributed by atoms with Crippen molar-refractivity contribution in [2.45, 2.75) is 114 Å². The van der Waals surface area contributed by atoms with Crippen molar-refractivity contribution in [1.29, 1.82) is 0 Å². The van der Waals surface area contributed by atoms with Crippen LogP contribution in [0.2, 0.25) is 11.8 Å². The molecule has 156 valence electrons. The molecule has 0 saturated heterocycles. The van der Waals surface area contributed by atoms with Crippen LogP contribution in [0.5, 0.6) is 0 Å². The molecule has 0 heterocycles. The van der Waals surface area contributed by atoms with Gasteiger partial charge in [-0.2, -0.15) is 0 Å². The summed E-state index contributed by atoms with van der Waals surface area (Å²) in [5, 5.41) is 0. The second kappa shape index (κ2) is 10.6. The van der Waals surface area contributed by atoms with Crippen LogP contribution in [0.15, 0.2) is 24.3 Å². The van der Waals surface area contributed by atoms with E-state index in [0.717, 1.165) is 11.8 Å². The van der Waals surface area contributed by atoms with Crippen molar-refractivity contribution < 1.29 is 4.39 Å². The van der Waals surface area contributed by atoms with Gasteiger partial charge in [0.2, 0.25) is 0 Å². The van der Waals surface area contributed by atoms with Gasteiger partial charge in [-0.25, -0.2) is 0 Å². The third-order valence-corrected chi connectivity index (χ3v) is 37.2. The number of hydrogen-bond donors (Lipinski definition) is 0. The molecule has 28 heavy (non-hydrogen) atoms. The molecule has 0 unspecified atom stereocenters. The molecule has 4 rings (SSSR count). The third kappa shape index (κ3) is 4.95. The van der Waals surface area contributed by atoms with Crippen molar-refractivity contribution >= 4 is 25.9 Å². The topological polar surface area (TPSA) is 0 Å². The van der Waals surface area contributed by atoms with Crippen molar-refractivity contribution in [1.82, 2.24) is 0 Å². The fraction of sp³-hybridized carbons (Fsp3) is 0.760. The van der Waals surface area contributed by atoms with Crippen LogP contribution in [0, 0.1) is 5.82 Å². The summed E-state index contributed by atoms with van der Waals surface area (Å²) >= 11 is -2.46. The first-order valence-corrected chi connectivity index (χ1v) is 21.6. The van der Waals surface area contributed by atoms with Crippen molar-refractivity contribution in [3.05, 3.63) is 35.6 Å². The van der Waals surface area contributed by atoms with E-state index in [1.807, 2.05) is 0 Å². The molecule has 3 aliphatic carbocycles. The zero-order valence-electron chi connectivity index (χ0n) is 17.6. The summed E-state index contributed by atoms with van der Waals surface area (Å²) in [6.07, 6.45) is 22.8. The van der Waals surface area contributed by atoms with Crippen LogP contribution < -0.4 is 0 Å². The van der Waals surface area contributed by atoms with Gasteiger partial charge in [0.1, 0.15) is 0 Å². The quantitative estimate of drug-likeness (QED) is 0.345. The molecule has 0 atom stereocenters. The van der Waals surface area contributed by atoms with E-state index in [2.05, 4.69) is 21.1 Å². The van der Waals surface area contributed by atoms with Crippen molar-refractivity contribution in [3.63, 3.8) is 0 Å². The molecule has 3 fully saturated rings. The van der Waals surface area contributed by atoms with Crippen molar-refractivity contribution in [2.75, 3.05) is 0 Å². The van der Waals surface area contributed by atoms with Crippen LogP contribution in [0.3, 0.4) is 0 Å². The Balaban J connectivity index is 1.63. The first-order valence-electron chi connectivity index (χ1n) is 12.2. The van der Waals surface area contributed by atoms with E-state index < -0.39 is 17.0 Å². The molecule has 1 aromatic rings. The third-order valence-electron chi connectivity index (χ3n) is 8.13. The molecule has 3 aliphatic rings. The van der Waals surface area contributed by atoms with Crippen LogP contribution in [0.25, 0.3) is 0 Å². The minimum atomic E-state index is -2.46. The predicted molar refractivity (Wildman–Crippen MR) is 124 cm³/mol. The van der Waals surface area contributed by atoms with Gasteiger partial charge < -0.3 is 0 Å². The molecule has 3 saturated carbocycles. The van der Waals surface area contributed by atoms with Crippen LogP contribution >= 0.6 is 8.95 Å². The van der Waals surface area contributed by atoms with Crippen molar-refractivity contribution in [3.8, 4) is 0 Å². The SMILES string of the molecule is Fc1ccc(C[S][Sn]([CH]2CCCCC2)([CH]2CCCCC2)[CH]2CCCCC2)cc1. The summed E-state index contributed by atoms with van der Waals surface area (Å²) in [4.78, 5) is 0. The minimum absolute atomic E-state index is 0.0876. The Morgan fingerprint density at radius 3 is 1.43 bits per heavy atom. The Morgan fingerprint density at radius 2 is 1.04 bits per heavy atom. The maximum absolute atomic E-state index is 13.4. The summed E-state index contributed by atoms with van der Waals surface area (Å²) in [7, 11) is 2.54. The molecule has 0 radical (unpaired) electrons. The molecule has 0 bridgehead atoms. The number of benzene rings is 1. The average molecular weight is 509 g/mol. The second-order valence-corrected chi connectivity index (χ2v) is 29.4. The standard InChI is InChI=1S/C7H7FS.3C6H11.Sn/c8-7-3-1-6(5-9)2-4-7;3*1-2-4-6-5-3-1;/h1-4,9H,5H2;3*1H,2-6H2;/q;;;;+1/p-1. The normalized spacial score (nSPS) is 23.8. The molecule has 3 heteroatoms. The zero-order valence-corrected chi connectivity index (χ0v) is 21.3. The molecule has 0 nitrogen and oxygen atoms in total. The molecule has 0 aliphatic heterocycles. The molecule has 0 spiro atoms. The fourth-order valence-electron chi connectivity index (χ4n) is 6.80. The Morgan fingerprint density at radius 1 is 0.643 bits per heavy atom. The number of halogens is 1. The number of hydrogen-bond acceptors (Lipinski definition) is 1. The fourth-order valence-corrected chi connectivity index (χ4v) is 39.4. The van der Waals surface area contributed by atoms with E-state index in [1.165, 1.54) is 69.1 Å². The van der Waals surface area contributed by atoms with E-state index in [4.69, 9.17) is 0 Å². The van der Waals surface area contributed by atoms with E-state index in [0.29, 0.717) is 0 Å². The van der Waals surface area contributed by atoms with Gasteiger partial charge in [-0.3, -0.25) is 0 Å². The summed E-state index contributed by atoms with van der Waals surface area (Å²) < 4.78 is 16.8. The van der Waals surface area contributed by atoms with Crippen LogP contribution in [0.1, 0.15) is 102 Å².